The van der Waals surface area contributed by atoms with Gasteiger partial charge in [0.1, 0.15) is 12.8 Å². The van der Waals surface area contributed by atoms with Gasteiger partial charge in [0.2, 0.25) is 5.91 Å². The molecule has 2 aromatic carbocycles. The maximum Gasteiger partial charge on any atom is 0.255 e. The number of rotatable bonds is 8. The Kier molecular flexibility index (Phi) is 9.64. The van der Waals surface area contributed by atoms with Crippen LogP contribution in [0.2, 0.25) is 0 Å². The average Bonchev–Trinajstić information content (AvgIpc) is 3.34. The van der Waals surface area contributed by atoms with Crippen LogP contribution in [0.3, 0.4) is 0 Å². The molecule has 1 saturated heterocycles. The van der Waals surface area contributed by atoms with Crippen molar-refractivity contribution >= 4 is 23.6 Å². The van der Waals surface area contributed by atoms with Gasteiger partial charge in [-0.1, -0.05) is 68.9 Å². The highest BCUT2D eigenvalue weighted by Gasteiger charge is 2.37. The van der Waals surface area contributed by atoms with Crippen molar-refractivity contribution in [1.29, 1.82) is 0 Å². The summed E-state index contributed by atoms with van der Waals surface area (Å²) in [5, 5.41) is 2.81. The SMILES string of the molecule is O=C1NCOCCCC1N1Cc2c(SCc3ccc(CN(C4CCCCC4)C4CCCCC4)cc3)cccc2C1=O. The minimum atomic E-state index is -0.439. The number of fused-ring (bicyclic) bond motifs is 1. The van der Waals surface area contributed by atoms with Gasteiger partial charge in [-0.15, -0.1) is 11.8 Å². The molecule has 220 valence electrons. The summed E-state index contributed by atoms with van der Waals surface area (Å²) in [5.74, 6) is 0.709. The highest BCUT2D eigenvalue weighted by atomic mass is 32.2. The van der Waals surface area contributed by atoms with Gasteiger partial charge in [-0.3, -0.25) is 14.5 Å². The largest absolute Gasteiger partial charge is 0.361 e. The van der Waals surface area contributed by atoms with E-state index < -0.39 is 6.04 Å². The van der Waals surface area contributed by atoms with Gasteiger partial charge in [0, 0.05) is 48.0 Å². The normalized spacial score (nSPS) is 22.9. The number of amides is 2. The van der Waals surface area contributed by atoms with Gasteiger partial charge in [0.25, 0.3) is 5.91 Å². The molecule has 7 heteroatoms. The monoisotopic (exact) mass is 575 g/mol. The second-order valence-corrected chi connectivity index (χ2v) is 13.3. The Bertz CT molecular complexity index is 1170. The number of thioether (sulfide) groups is 1. The van der Waals surface area contributed by atoms with E-state index in [1.807, 2.05) is 12.1 Å². The van der Waals surface area contributed by atoms with Gasteiger partial charge < -0.3 is 15.0 Å². The van der Waals surface area contributed by atoms with Gasteiger partial charge in [0.15, 0.2) is 0 Å². The van der Waals surface area contributed by atoms with Gasteiger partial charge in [-0.2, -0.15) is 0 Å². The van der Waals surface area contributed by atoms with E-state index in [1.165, 1.54) is 75.3 Å². The third-order valence-electron chi connectivity index (χ3n) is 9.62. The molecule has 6 rings (SSSR count). The number of nitrogens with one attached hydrogen (secondary N) is 1. The molecular formula is C34H45N3O3S. The quantitative estimate of drug-likeness (QED) is 0.357. The van der Waals surface area contributed by atoms with Gasteiger partial charge in [0.05, 0.1) is 0 Å². The maximum absolute atomic E-state index is 13.3. The van der Waals surface area contributed by atoms with Crippen molar-refractivity contribution in [1.82, 2.24) is 15.1 Å². The molecule has 0 radical (unpaired) electrons. The van der Waals surface area contributed by atoms with E-state index in [2.05, 4.69) is 40.5 Å². The summed E-state index contributed by atoms with van der Waals surface area (Å²) >= 11 is 1.79. The molecule has 0 aromatic heterocycles. The summed E-state index contributed by atoms with van der Waals surface area (Å²) in [6.45, 7) is 2.38. The molecule has 2 heterocycles. The minimum absolute atomic E-state index is 0.0334. The average molecular weight is 576 g/mol. The lowest BCUT2D eigenvalue weighted by atomic mass is 9.88. The zero-order valence-electron chi connectivity index (χ0n) is 24.3. The number of carbonyl (C=O) groups is 2. The van der Waals surface area contributed by atoms with Crippen LogP contribution in [0.15, 0.2) is 47.4 Å². The number of benzene rings is 2. The lowest BCUT2D eigenvalue weighted by Crippen LogP contribution is -2.48. The Morgan fingerprint density at radius 3 is 2.22 bits per heavy atom. The second kappa shape index (κ2) is 13.7. The van der Waals surface area contributed by atoms with Gasteiger partial charge >= 0.3 is 0 Å². The summed E-state index contributed by atoms with van der Waals surface area (Å²) < 4.78 is 5.38. The van der Waals surface area contributed by atoms with E-state index >= 15 is 0 Å². The number of carbonyl (C=O) groups excluding carboxylic acids is 2. The Labute approximate surface area is 249 Å². The molecule has 2 aliphatic heterocycles. The van der Waals surface area contributed by atoms with E-state index in [9.17, 15) is 9.59 Å². The molecule has 6 nitrogen and oxygen atoms in total. The van der Waals surface area contributed by atoms with Crippen molar-refractivity contribution in [2.75, 3.05) is 13.3 Å². The topological polar surface area (TPSA) is 61.9 Å². The van der Waals surface area contributed by atoms with Gasteiger partial charge in [-0.25, -0.2) is 0 Å². The molecule has 2 aliphatic carbocycles. The van der Waals surface area contributed by atoms with Crippen LogP contribution in [-0.4, -0.2) is 53.1 Å². The van der Waals surface area contributed by atoms with Crippen LogP contribution in [0.1, 0.15) is 104 Å². The Morgan fingerprint density at radius 2 is 1.51 bits per heavy atom. The van der Waals surface area contributed by atoms with Crippen molar-refractivity contribution in [3.8, 4) is 0 Å². The van der Waals surface area contributed by atoms with Crippen molar-refractivity contribution < 1.29 is 14.3 Å². The van der Waals surface area contributed by atoms with Crippen LogP contribution in [0, 0.1) is 0 Å². The van der Waals surface area contributed by atoms with Gasteiger partial charge in [-0.05, 0) is 67.3 Å². The van der Waals surface area contributed by atoms with E-state index in [4.69, 9.17) is 4.74 Å². The van der Waals surface area contributed by atoms with E-state index in [1.54, 1.807) is 16.7 Å². The first-order chi connectivity index (χ1) is 20.2. The van der Waals surface area contributed by atoms with E-state index in [0.717, 1.165) is 46.8 Å². The predicted molar refractivity (Wildman–Crippen MR) is 164 cm³/mol. The molecule has 2 amide bonds. The smallest absolute Gasteiger partial charge is 0.255 e. The first kappa shape index (κ1) is 28.8. The van der Waals surface area contributed by atoms with Crippen LogP contribution in [0.4, 0.5) is 0 Å². The molecule has 1 atom stereocenters. The second-order valence-electron chi connectivity index (χ2n) is 12.3. The molecule has 41 heavy (non-hydrogen) atoms. The van der Waals surface area contributed by atoms with Crippen molar-refractivity contribution in [3.05, 3.63) is 64.7 Å². The van der Waals surface area contributed by atoms with Crippen molar-refractivity contribution in [2.24, 2.45) is 0 Å². The zero-order chi connectivity index (χ0) is 28.0. The van der Waals surface area contributed by atoms with Crippen LogP contribution in [-0.2, 0) is 28.4 Å². The number of nitrogens with zero attached hydrogens (tertiary/aromatic N) is 2. The molecule has 1 unspecified atom stereocenters. The number of ether oxygens (including phenoxy) is 1. The van der Waals surface area contributed by atoms with Crippen LogP contribution >= 0.6 is 11.8 Å². The summed E-state index contributed by atoms with van der Waals surface area (Å²) in [5.41, 5.74) is 4.53. The fourth-order valence-electron chi connectivity index (χ4n) is 7.33. The molecule has 2 saturated carbocycles. The molecule has 1 N–H and O–H groups in total. The first-order valence-corrected chi connectivity index (χ1v) is 16.9. The molecule has 0 spiro atoms. The molecule has 0 bridgehead atoms. The van der Waals surface area contributed by atoms with Crippen molar-refractivity contribution in [2.45, 2.75) is 119 Å². The van der Waals surface area contributed by atoms with E-state index in [0.29, 0.717) is 19.6 Å². The molecular weight excluding hydrogens is 530 g/mol. The highest BCUT2D eigenvalue weighted by molar-refractivity contribution is 7.98. The Balaban J connectivity index is 1.10. The number of hydrogen-bond acceptors (Lipinski definition) is 5. The van der Waals surface area contributed by atoms with Crippen LogP contribution < -0.4 is 5.32 Å². The van der Waals surface area contributed by atoms with E-state index in [-0.39, 0.29) is 18.5 Å². The van der Waals surface area contributed by atoms with Crippen LogP contribution in [0.25, 0.3) is 0 Å². The fraction of sp³-hybridized carbons (Fsp3) is 0.588. The lowest BCUT2D eigenvalue weighted by Gasteiger charge is -2.41. The summed E-state index contributed by atoms with van der Waals surface area (Å²) in [6, 6.07) is 16.3. The predicted octanol–water partition coefficient (Wildman–Crippen LogP) is 6.65. The summed E-state index contributed by atoms with van der Waals surface area (Å²) in [4.78, 5) is 31.8. The summed E-state index contributed by atoms with van der Waals surface area (Å²) in [7, 11) is 0. The first-order valence-electron chi connectivity index (χ1n) is 15.9. The third-order valence-corrected chi connectivity index (χ3v) is 10.8. The van der Waals surface area contributed by atoms with Crippen molar-refractivity contribution in [3.63, 3.8) is 0 Å². The standard InChI is InChI=1S/C34H45N3O3S/c38-33-31(14-8-20-40-24-35-33)37-22-30-29(34(37)39)13-7-15-32(30)41-23-26-18-16-25(17-19-26)21-36(27-9-3-1-4-10-27)28-11-5-2-6-12-28/h7,13,15-19,27-28,31H,1-6,8-12,14,20-24H2,(H,35,38). The summed E-state index contributed by atoms with van der Waals surface area (Å²) in [6.07, 6.45) is 15.2. The zero-order valence-corrected chi connectivity index (χ0v) is 25.1. The Morgan fingerprint density at radius 1 is 0.829 bits per heavy atom. The highest BCUT2D eigenvalue weighted by Crippen LogP contribution is 2.36. The maximum atomic E-state index is 13.3. The molecule has 4 aliphatic rings. The molecule has 2 aromatic rings. The lowest BCUT2D eigenvalue weighted by molar-refractivity contribution is -0.129. The minimum Gasteiger partial charge on any atom is -0.361 e. The van der Waals surface area contributed by atoms with Crippen LogP contribution in [0.5, 0.6) is 0 Å². The Hall–Kier alpha value is -2.35. The number of hydrogen-bond donors (Lipinski definition) is 1. The fourth-order valence-corrected chi connectivity index (χ4v) is 8.36. The molecule has 3 fully saturated rings. The third kappa shape index (κ3) is 6.84.